The number of likely N-dealkylation sites (tertiary alicyclic amines) is 1. The molecule has 1 saturated heterocycles. The first kappa shape index (κ1) is 22.2. The smallest absolute Gasteiger partial charge is 0.237 e. The number of nitrogens with one attached hydrogen (secondary N) is 2. The number of carbonyl (C=O) groups is 1. The van der Waals surface area contributed by atoms with Gasteiger partial charge in [-0.25, -0.2) is 0 Å². The van der Waals surface area contributed by atoms with Crippen molar-refractivity contribution in [1.82, 2.24) is 20.5 Å². The fraction of sp³-hybridized carbons (Fsp3) is 0.333. The number of carbonyl (C=O) groups excluding carboxylic acids is 1. The van der Waals surface area contributed by atoms with Gasteiger partial charge < -0.3 is 10.6 Å². The number of aryl methyl sites for hydroxylation is 2. The van der Waals surface area contributed by atoms with E-state index in [1.807, 2.05) is 18.2 Å². The molecular formula is C27H32N4O. The summed E-state index contributed by atoms with van der Waals surface area (Å²) in [5, 5.41) is 6.83. The van der Waals surface area contributed by atoms with Crippen molar-refractivity contribution in [2.24, 2.45) is 0 Å². The maximum Gasteiger partial charge on any atom is 0.237 e. The van der Waals surface area contributed by atoms with Crippen LogP contribution in [0.4, 0.5) is 0 Å². The number of amides is 1. The molecule has 2 heterocycles. The summed E-state index contributed by atoms with van der Waals surface area (Å²) in [6.07, 6.45) is 4.35. The lowest BCUT2D eigenvalue weighted by atomic mass is 10.0. The molecule has 32 heavy (non-hydrogen) atoms. The normalized spacial score (nSPS) is 18.6. The highest BCUT2D eigenvalue weighted by atomic mass is 16.2. The minimum absolute atomic E-state index is 0.0841. The van der Waals surface area contributed by atoms with E-state index >= 15 is 0 Å². The average Bonchev–Trinajstić information content (AvgIpc) is 3.22. The number of pyridine rings is 1. The third-order valence-electron chi connectivity index (χ3n) is 6.21. The molecule has 1 amide bonds. The Balaban J connectivity index is 1.42. The average molecular weight is 429 g/mol. The predicted molar refractivity (Wildman–Crippen MR) is 128 cm³/mol. The molecule has 2 aromatic carbocycles. The van der Waals surface area contributed by atoms with Gasteiger partial charge in [0.15, 0.2) is 0 Å². The second kappa shape index (κ2) is 10.5. The van der Waals surface area contributed by atoms with Gasteiger partial charge in [-0.05, 0) is 48.6 Å². The van der Waals surface area contributed by atoms with Gasteiger partial charge in [0, 0.05) is 44.6 Å². The van der Waals surface area contributed by atoms with E-state index < -0.39 is 0 Å². The summed E-state index contributed by atoms with van der Waals surface area (Å²) in [6, 6.07) is 21.0. The molecule has 3 aromatic rings. The number of hydrogen-bond acceptors (Lipinski definition) is 4. The van der Waals surface area contributed by atoms with Crippen LogP contribution in [0.2, 0.25) is 0 Å². The Kier molecular flexibility index (Phi) is 7.30. The Labute approximate surface area is 190 Å². The van der Waals surface area contributed by atoms with Crippen LogP contribution < -0.4 is 10.6 Å². The molecule has 4 rings (SSSR count). The van der Waals surface area contributed by atoms with E-state index in [2.05, 4.69) is 76.8 Å². The predicted octanol–water partition coefficient (Wildman–Crippen LogP) is 3.75. The molecule has 0 saturated carbocycles. The van der Waals surface area contributed by atoms with Gasteiger partial charge >= 0.3 is 0 Å². The molecule has 1 fully saturated rings. The van der Waals surface area contributed by atoms with Crippen molar-refractivity contribution in [3.8, 4) is 0 Å². The summed E-state index contributed by atoms with van der Waals surface area (Å²) in [4.78, 5) is 19.6. The first-order valence-corrected chi connectivity index (χ1v) is 11.3. The molecule has 1 aliphatic rings. The fourth-order valence-corrected chi connectivity index (χ4v) is 4.37. The van der Waals surface area contributed by atoms with Crippen LogP contribution in [-0.2, 0) is 24.4 Å². The van der Waals surface area contributed by atoms with E-state index in [0.29, 0.717) is 6.54 Å². The molecule has 0 radical (unpaired) electrons. The highest BCUT2D eigenvalue weighted by Crippen LogP contribution is 2.22. The molecule has 1 aliphatic heterocycles. The minimum Gasteiger partial charge on any atom is -0.351 e. The molecule has 0 unspecified atom stereocenters. The van der Waals surface area contributed by atoms with Crippen molar-refractivity contribution < 1.29 is 4.79 Å². The lowest BCUT2D eigenvalue weighted by Crippen LogP contribution is -2.42. The quantitative estimate of drug-likeness (QED) is 0.574. The zero-order chi connectivity index (χ0) is 22.3. The monoisotopic (exact) mass is 428 g/mol. The summed E-state index contributed by atoms with van der Waals surface area (Å²) in [7, 11) is 0. The molecule has 5 heteroatoms. The molecule has 0 aliphatic carbocycles. The largest absolute Gasteiger partial charge is 0.351 e. The Morgan fingerprint density at radius 1 is 1.03 bits per heavy atom. The third-order valence-corrected chi connectivity index (χ3v) is 6.21. The van der Waals surface area contributed by atoms with Crippen LogP contribution in [-0.4, -0.2) is 34.4 Å². The first-order valence-electron chi connectivity index (χ1n) is 11.3. The Morgan fingerprint density at radius 2 is 1.84 bits per heavy atom. The summed E-state index contributed by atoms with van der Waals surface area (Å²) < 4.78 is 0. The van der Waals surface area contributed by atoms with Crippen molar-refractivity contribution in [1.29, 1.82) is 0 Å². The fourth-order valence-electron chi connectivity index (χ4n) is 4.37. The van der Waals surface area contributed by atoms with E-state index in [9.17, 15) is 4.79 Å². The number of nitrogens with zero attached hydrogens (tertiary/aromatic N) is 2. The second-order valence-electron chi connectivity index (χ2n) is 8.75. The zero-order valence-electron chi connectivity index (χ0n) is 18.9. The summed E-state index contributed by atoms with van der Waals surface area (Å²) in [5.74, 6) is 0.0841. The highest BCUT2D eigenvalue weighted by Gasteiger charge is 2.36. The van der Waals surface area contributed by atoms with Crippen LogP contribution >= 0.6 is 0 Å². The minimum atomic E-state index is -0.150. The van der Waals surface area contributed by atoms with E-state index in [1.54, 1.807) is 12.4 Å². The molecule has 1 aromatic heterocycles. The summed E-state index contributed by atoms with van der Waals surface area (Å²) in [6.45, 7) is 7.23. The van der Waals surface area contributed by atoms with Crippen molar-refractivity contribution in [2.75, 3.05) is 6.54 Å². The van der Waals surface area contributed by atoms with E-state index in [0.717, 1.165) is 31.6 Å². The second-order valence-corrected chi connectivity index (χ2v) is 8.75. The maximum atomic E-state index is 13.1. The van der Waals surface area contributed by atoms with E-state index in [1.165, 1.54) is 22.3 Å². The first-order chi connectivity index (χ1) is 15.6. The molecule has 0 bridgehead atoms. The van der Waals surface area contributed by atoms with E-state index in [-0.39, 0.29) is 18.0 Å². The van der Waals surface area contributed by atoms with Crippen LogP contribution in [0, 0.1) is 13.8 Å². The number of aromatic nitrogens is 1. The molecule has 2 atom stereocenters. The van der Waals surface area contributed by atoms with Crippen molar-refractivity contribution in [3.05, 3.63) is 101 Å². The number of hydrogen-bond donors (Lipinski definition) is 2. The standard InChI is InChI=1S/C27H32N4O/c1-20-10-11-21(2)24(13-20)17-29-25-14-26(27(32)30-16-23-9-6-12-28-15-23)31(19-25)18-22-7-4-3-5-8-22/h3-13,15,25-26,29H,14,16-19H2,1-2H3,(H,30,32)/t25-,26-/m0/s1. The van der Waals surface area contributed by atoms with Crippen LogP contribution in [0.3, 0.4) is 0 Å². The number of rotatable bonds is 8. The highest BCUT2D eigenvalue weighted by molar-refractivity contribution is 5.82. The van der Waals surface area contributed by atoms with Crippen molar-refractivity contribution in [2.45, 2.75) is 52.0 Å². The molecular weight excluding hydrogens is 396 g/mol. The van der Waals surface area contributed by atoms with Crippen molar-refractivity contribution >= 4 is 5.91 Å². The van der Waals surface area contributed by atoms with Gasteiger partial charge in [-0.2, -0.15) is 0 Å². The SMILES string of the molecule is Cc1ccc(C)c(CN[C@H]2C[C@@H](C(=O)NCc3cccnc3)N(Cc3ccccc3)C2)c1. The van der Waals surface area contributed by atoms with Gasteiger partial charge in [0.2, 0.25) is 5.91 Å². The van der Waals surface area contributed by atoms with Gasteiger partial charge in [0.1, 0.15) is 0 Å². The van der Waals surface area contributed by atoms with Gasteiger partial charge in [0.05, 0.1) is 6.04 Å². The Morgan fingerprint density at radius 3 is 2.62 bits per heavy atom. The topological polar surface area (TPSA) is 57.3 Å². The lowest BCUT2D eigenvalue weighted by molar-refractivity contribution is -0.125. The lowest BCUT2D eigenvalue weighted by Gasteiger charge is -2.23. The van der Waals surface area contributed by atoms with Crippen LogP contribution in [0.25, 0.3) is 0 Å². The molecule has 0 spiro atoms. The van der Waals surface area contributed by atoms with Gasteiger partial charge in [-0.3, -0.25) is 14.7 Å². The third kappa shape index (κ3) is 5.81. The Bertz CT molecular complexity index is 1020. The molecule has 2 N–H and O–H groups in total. The maximum absolute atomic E-state index is 13.1. The van der Waals surface area contributed by atoms with Crippen LogP contribution in [0.1, 0.15) is 34.2 Å². The molecule has 5 nitrogen and oxygen atoms in total. The van der Waals surface area contributed by atoms with Gasteiger partial charge in [-0.1, -0.05) is 60.2 Å². The van der Waals surface area contributed by atoms with Gasteiger partial charge in [-0.15, -0.1) is 0 Å². The zero-order valence-corrected chi connectivity index (χ0v) is 18.9. The number of benzene rings is 2. The van der Waals surface area contributed by atoms with Gasteiger partial charge in [0.25, 0.3) is 0 Å². The summed E-state index contributed by atoms with van der Waals surface area (Å²) >= 11 is 0. The Hall–Kier alpha value is -3.02. The van der Waals surface area contributed by atoms with E-state index in [4.69, 9.17) is 0 Å². The summed E-state index contributed by atoms with van der Waals surface area (Å²) in [5.41, 5.74) is 6.14. The molecule has 166 valence electrons. The van der Waals surface area contributed by atoms with Crippen LogP contribution in [0.15, 0.2) is 73.1 Å². The van der Waals surface area contributed by atoms with Crippen LogP contribution in [0.5, 0.6) is 0 Å². The van der Waals surface area contributed by atoms with Crippen molar-refractivity contribution in [3.63, 3.8) is 0 Å².